The summed E-state index contributed by atoms with van der Waals surface area (Å²) in [4.78, 5) is 6.36. The number of ether oxygens (including phenoxy) is 1. The lowest BCUT2D eigenvalue weighted by Gasteiger charge is -2.19. The van der Waals surface area contributed by atoms with E-state index < -0.39 is 9.84 Å². The molecule has 0 amide bonds. The lowest BCUT2D eigenvalue weighted by molar-refractivity contribution is 0.147. The predicted octanol–water partition coefficient (Wildman–Crippen LogP) is 2.75. The number of nitrogens with one attached hydrogen (secondary N) is 1. The van der Waals surface area contributed by atoms with Gasteiger partial charge >= 0.3 is 0 Å². The van der Waals surface area contributed by atoms with Crippen LogP contribution >= 0.6 is 0 Å². The third kappa shape index (κ3) is 10.7. The largest absolute Gasteiger partial charge is 0.382 e. The first kappa shape index (κ1) is 23.9. The molecule has 0 atom stereocenters. The van der Waals surface area contributed by atoms with Crippen LogP contribution in [-0.2, 0) is 14.6 Å². The zero-order valence-electron chi connectivity index (χ0n) is 16.2. The van der Waals surface area contributed by atoms with Gasteiger partial charge < -0.3 is 15.0 Å². The number of pyridine rings is 1. The van der Waals surface area contributed by atoms with Gasteiger partial charge in [-0.05, 0) is 38.0 Å². The van der Waals surface area contributed by atoms with Crippen molar-refractivity contribution in [2.75, 3.05) is 49.3 Å². The SMILES string of the molecule is C=CS(=O)(=O)CCN(C)c1cc(C)cc(NCCCOCC)n1.CC#N. The molecule has 8 heteroatoms. The molecule has 0 aromatic carbocycles. The van der Waals surface area contributed by atoms with Crippen LogP contribution in [0.5, 0.6) is 0 Å². The summed E-state index contributed by atoms with van der Waals surface area (Å²) in [5, 5.41) is 11.6. The topological polar surface area (TPSA) is 95.3 Å². The standard InChI is InChI=1S/C16H27N3O3S.C2H3N/c1-5-22-10-7-8-17-15-12-14(3)13-16(18-15)19(4)9-11-23(20,21)6-2;1-2-3/h6,12-13H,2,5,7-11H2,1,3-4H3,(H,17,18);1H3. The van der Waals surface area contributed by atoms with Gasteiger partial charge in [0.2, 0.25) is 0 Å². The van der Waals surface area contributed by atoms with E-state index in [9.17, 15) is 8.42 Å². The maximum absolute atomic E-state index is 11.5. The first-order valence-electron chi connectivity index (χ1n) is 8.47. The third-order valence-electron chi connectivity index (χ3n) is 3.29. The molecule has 0 saturated heterocycles. The van der Waals surface area contributed by atoms with Crippen molar-refractivity contribution in [1.29, 1.82) is 5.26 Å². The fraction of sp³-hybridized carbons (Fsp3) is 0.556. The molecule has 1 rings (SSSR count). The molecule has 0 aliphatic carbocycles. The van der Waals surface area contributed by atoms with Crippen LogP contribution in [0.1, 0.15) is 25.8 Å². The molecule has 26 heavy (non-hydrogen) atoms. The van der Waals surface area contributed by atoms with E-state index >= 15 is 0 Å². The van der Waals surface area contributed by atoms with E-state index in [1.165, 1.54) is 6.92 Å². The fourth-order valence-corrected chi connectivity index (χ4v) is 2.63. The Bertz CT molecular complexity index is 684. The molecule has 7 nitrogen and oxygen atoms in total. The summed E-state index contributed by atoms with van der Waals surface area (Å²) in [6, 6.07) is 5.66. The molecule has 0 aliphatic heterocycles. The van der Waals surface area contributed by atoms with E-state index in [2.05, 4.69) is 16.9 Å². The lowest BCUT2D eigenvalue weighted by Crippen LogP contribution is -2.25. The van der Waals surface area contributed by atoms with Crippen molar-refractivity contribution in [2.24, 2.45) is 0 Å². The van der Waals surface area contributed by atoms with Gasteiger partial charge in [-0.15, -0.1) is 0 Å². The molecule has 146 valence electrons. The van der Waals surface area contributed by atoms with Crippen LogP contribution in [-0.4, -0.2) is 52.5 Å². The lowest BCUT2D eigenvalue weighted by atomic mass is 10.2. The zero-order chi connectivity index (χ0) is 20.0. The quantitative estimate of drug-likeness (QED) is 0.588. The molecule has 0 saturated carbocycles. The Kier molecular flexibility index (Phi) is 12.1. The predicted molar refractivity (Wildman–Crippen MR) is 107 cm³/mol. The van der Waals surface area contributed by atoms with Crippen molar-refractivity contribution >= 4 is 21.5 Å². The van der Waals surface area contributed by atoms with Crippen molar-refractivity contribution in [3.63, 3.8) is 0 Å². The molecular formula is C18H30N4O3S. The first-order valence-corrected chi connectivity index (χ1v) is 10.2. The van der Waals surface area contributed by atoms with Crippen molar-refractivity contribution in [1.82, 2.24) is 4.98 Å². The van der Waals surface area contributed by atoms with Gasteiger partial charge in [0.15, 0.2) is 9.84 Å². The molecule has 0 bridgehead atoms. The summed E-state index contributed by atoms with van der Waals surface area (Å²) in [7, 11) is -1.37. The van der Waals surface area contributed by atoms with Crippen LogP contribution in [0.2, 0.25) is 0 Å². The molecule has 0 spiro atoms. The Morgan fingerprint density at radius 3 is 2.69 bits per heavy atom. The van der Waals surface area contributed by atoms with E-state index in [1.807, 2.05) is 37.9 Å². The molecule has 1 heterocycles. The summed E-state index contributed by atoms with van der Waals surface area (Å²) in [5.74, 6) is 1.56. The highest BCUT2D eigenvalue weighted by molar-refractivity contribution is 7.94. The molecule has 1 aromatic heterocycles. The minimum atomic E-state index is -3.20. The van der Waals surface area contributed by atoms with Crippen molar-refractivity contribution in [3.05, 3.63) is 29.7 Å². The van der Waals surface area contributed by atoms with Crippen LogP contribution in [0, 0.1) is 18.3 Å². The molecule has 0 fully saturated rings. The Morgan fingerprint density at radius 1 is 1.46 bits per heavy atom. The van der Waals surface area contributed by atoms with Gasteiger partial charge in [0.25, 0.3) is 0 Å². The van der Waals surface area contributed by atoms with E-state index in [-0.39, 0.29) is 5.75 Å². The molecule has 0 aliphatic rings. The Morgan fingerprint density at radius 2 is 2.12 bits per heavy atom. The number of hydrogen-bond acceptors (Lipinski definition) is 7. The summed E-state index contributed by atoms with van der Waals surface area (Å²) < 4.78 is 28.3. The third-order valence-corrected chi connectivity index (χ3v) is 4.55. The number of anilines is 2. The van der Waals surface area contributed by atoms with Gasteiger partial charge in [0.1, 0.15) is 11.6 Å². The van der Waals surface area contributed by atoms with Crippen molar-refractivity contribution < 1.29 is 13.2 Å². The smallest absolute Gasteiger partial charge is 0.172 e. The zero-order valence-corrected chi connectivity index (χ0v) is 17.0. The molecule has 1 N–H and O–H groups in total. The minimum absolute atomic E-state index is 0.0275. The number of rotatable bonds is 11. The number of nitriles is 1. The number of nitrogens with zero attached hydrogens (tertiary/aromatic N) is 3. The summed E-state index contributed by atoms with van der Waals surface area (Å²) in [5.41, 5.74) is 1.07. The number of aromatic nitrogens is 1. The van der Waals surface area contributed by atoms with E-state index in [0.29, 0.717) is 6.54 Å². The van der Waals surface area contributed by atoms with Crippen LogP contribution in [0.4, 0.5) is 11.6 Å². The van der Waals surface area contributed by atoms with Crippen molar-refractivity contribution in [3.8, 4) is 6.07 Å². The molecule has 1 aromatic rings. The second-order valence-corrected chi connectivity index (χ2v) is 7.61. The van der Waals surface area contributed by atoms with Crippen LogP contribution < -0.4 is 10.2 Å². The van der Waals surface area contributed by atoms with Gasteiger partial charge in [-0.2, -0.15) is 5.26 Å². The van der Waals surface area contributed by atoms with E-state index in [0.717, 1.165) is 48.8 Å². The highest BCUT2D eigenvalue weighted by Crippen LogP contribution is 2.16. The monoisotopic (exact) mass is 382 g/mol. The van der Waals surface area contributed by atoms with Crippen molar-refractivity contribution in [2.45, 2.75) is 27.2 Å². The highest BCUT2D eigenvalue weighted by atomic mass is 32.2. The average Bonchev–Trinajstić information content (AvgIpc) is 2.60. The summed E-state index contributed by atoms with van der Waals surface area (Å²) >= 11 is 0. The second-order valence-electron chi connectivity index (χ2n) is 5.54. The molecule has 0 unspecified atom stereocenters. The molecule has 0 radical (unpaired) electrons. The highest BCUT2D eigenvalue weighted by Gasteiger charge is 2.10. The Hall–Kier alpha value is -2.11. The number of sulfone groups is 1. The Balaban J connectivity index is 0.00000194. The first-order chi connectivity index (χ1) is 12.3. The van der Waals surface area contributed by atoms with E-state index in [1.54, 1.807) is 6.07 Å². The van der Waals surface area contributed by atoms with Gasteiger partial charge in [0.05, 0.1) is 11.8 Å². The van der Waals surface area contributed by atoms with Crippen LogP contribution in [0.3, 0.4) is 0 Å². The van der Waals surface area contributed by atoms with Crippen LogP contribution in [0.15, 0.2) is 24.1 Å². The number of hydrogen-bond donors (Lipinski definition) is 1. The minimum Gasteiger partial charge on any atom is -0.382 e. The van der Waals surface area contributed by atoms with Gasteiger partial charge in [-0.1, -0.05) is 6.58 Å². The fourth-order valence-electron chi connectivity index (χ4n) is 1.93. The summed E-state index contributed by atoms with van der Waals surface area (Å²) in [6.07, 6.45) is 0.909. The van der Waals surface area contributed by atoms with Crippen LogP contribution in [0.25, 0.3) is 0 Å². The maximum atomic E-state index is 11.5. The number of aryl methyl sites for hydroxylation is 1. The van der Waals surface area contributed by atoms with Gasteiger partial charge in [-0.3, -0.25) is 0 Å². The normalized spacial score (nSPS) is 10.3. The molecular weight excluding hydrogens is 352 g/mol. The van der Waals surface area contributed by atoms with E-state index in [4.69, 9.17) is 10.00 Å². The summed E-state index contributed by atoms with van der Waals surface area (Å²) in [6.45, 7) is 11.3. The van der Waals surface area contributed by atoms with Gasteiger partial charge in [-0.25, -0.2) is 13.4 Å². The average molecular weight is 383 g/mol. The maximum Gasteiger partial charge on any atom is 0.172 e. The second kappa shape index (κ2) is 13.1. The Labute approximate surface area is 157 Å². The van der Waals surface area contributed by atoms with Gasteiger partial charge in [0, 0.05) is 45.7 Å².